The molecule has 0 heterocycles. The van der Waals surface area contributed by atoms with Gasteiger partial charge >= 0.3 is 0 Å². The molecule has 0 aromatic carbocycles. The summed E-state index contributed by atoms with van der Waals surface area (Å²) in [5.41, 5.74) is 1.10. The standard InChI is InChI=1S/C19H27FO2/c1-19-7-6-15-14-3-2-13(21)9-11(14)8-12(20)10-16(15)17(19)4-5-18(19)22/h9,12,14-18,22H,2-8,10H2,1H3/t12-,14+,15+,16-,17-,18-,19-/m0/s1. The molecular weight excluding hydrogens is 279 g/mol. The van der Waals surface area contributed by atoms with Crippen molar-refractivity contribution in [1.29, 1.82) is 0 Å². The molecule has 1 N–H and O–H groups in total. The summed E-state index contributed by atoms with van der Waals surface area (Å²) in [6, 6.07) is 0. The van der Waals surface area contributed by atoms with Crippen LogP contribution in [0.25, 0.3) is 0 Å². The number of hydrogen-bond acceptors (Lipinski definition) is 2. The third kappa shape index (κ3) is 2.11. The first-order valence-corrected chi connectivity index (χ1v) is 9.04. The number of ketones is 1. The number of carbonyl (C=O) groups excluding carboxylic acids is 1. The van der Waals surface area contributed by atoms with Crippen molar-refractivity contribution in [2.45, 2.75) is 70.6 Å². The normalized spacial score (nSPS) is 51.4. The van der Waals surface area contributed by atoms with Crippen LogP contribution in [0.3, 0.4) is 0 Å². The first kappa shape index (κ1) is 14.9. The maximum absolute atomic E-state index is 14.6. The van der Waals surface area contributed by atoms with Gasteiger partial charge < -0.3 is 5.11 Å². The summed E-state index contributed by atoms with van der Waals surface area (Å²) in [7, 11) is 0. The molecule has 0 saturated heterocycles. The predicted molar refractivity (Wildman–Crippen MR) is 83.0 cm³/mol. The highest BCUT2D eigenvalue weighted by Gasteiger charge is 2.56. The van der Waals surface area contributed by atoms with Gasteiger partial charge in [-0.2, -0.15) is 0 Å². The fourth-order valence-electron chi connectivity index (χ4n) is 6.33. The lowest BCUT2D eigenvalue weighted by molar-refractivity contribution is -0.115. The number of aliphatic hydroxyl groups excluding tert-OH is 1. The molecule has 0 aliphatic heterocycles. The number of alkyl halides is 1. The van der Waals surface area contributed by atoms with Crippen LogP contribution in [-0.2, 0) is 4.79 Å². The molecular formula is C19H27FO2. The molecule has 3 heteroatoms. The van der Waals surface area contributed by atoms with Gasteiger partial charge in [-0.25, -0.2) is 4.39 Å². The van der Waals surface area contributed by atoms with Crippen molar-refractivity contribution in [1.82, 2.24) is 0 Å². The number of rotatable bonds is 0. The first-order valence-electron chi connectivity index (χ1n) is 9.04. The molecule has 3 fully saturated rings. The molecule has 0 aromatic rings. The molecule has 0 aromatic heterocycles. The Morgan fingerprint density at radius 2 is 2.05 bits per heavy atom. The van der Waals surface area contributed by atoms with E-state index >= 15 is 0 Å². The van der Waals surface area contributed by atoms with Gasteiger partial charge in [0.15, 0.2) is 5.78 Å². The Morgan fingerprint density at radius 3 is 2.86 bits per heavy atom. The average Bonchev–Trinajstić information content (AvgIpc) is 2.69. The molecule has 4 aliphatic rings. The molecule has 0 spiro atoms. The summed E-state index contributed by atoms with van der Waals surface area (Å²) < 4.78 is 14.6. The third-order valence-electron chi connectivity index (χ3n) is 7.47. The number of aliphatic hydroxyl groups is 1. The van der Waals surface area contributed by atoms with Gasteiger partial charge in [0.2, 0.25) is 0 Å². The summed E-state index contributed by atoms with van der Waals surface area (Å²) in [6.07, 6.45) is 7.51. The van der Waals surface area contributed by atoms with E-state index in [0.29, 0.717) is 42.9 Å². The minimum atomic E-state index is -0.810. The molecule has 0 unspecified atom stereocenters. The van der Waals surface area contributed by atoms with E-state index in [0.717, 1.165) is 37.7 Å². The maximum atomic E-state index is 14.6. The summed E-state index contributed by atoms with van der Waals surface area (Å²) in [4.78, 5) is 11.7. The van der Waals surface area contributed by atoms with E-state index in [4.69, 9.17) is 0 Å². The maximum Gasteiger partial charge on any atom is 0.155 e. The third-order valence-corrected chi connectivity index (χ3v) is 7.47. The number of carbonyl (C=O) groups is 1. The number of fused-ring (bicyclic) bond motifs is 5. The Balaban J connectivity index is 1.69. The minimum absolute atomic E-state index is 0.000406. The van der Waals surface area contributed by atoms with Gasteiger partial charge in [0.25, 0.3) is 0 Å². The first-order chi connectivity index (χ1) is 10.5. The number of hydrogen-bond donors (Lipinski definition) is 1. The summed E-state index contributed by atoms with van der Waals surface area (Å²) in [5.74, 6) is 2.01. The average molecular weight is 306 g/mol. The molecule has 0 radical (unpaired) electrons. The second kappa shape index (κ2) is 5.15. The van der Waals surface area contributed by atoms with Gasteiger partial charge in [0.05, 0.1) is 6.10 Å². The van der Waals surface area contributed by atoms with Crippen molar-refractivity contribution in [3.05, 3.63) is 11.6 Å². The number of allylic oxidation sites excluding steroid dienone is 2. The monoisotopic (exact) mass is 306 g/mol. The fourth-order valence-corrected chi connectivity index (χ4v) is 6.33. The van der Waals surface area contributed by atoms with Crippen LogP contribution in [0, 0.1) is 29.1 Å². The highest BCUT2D eigenvalue weighted by Crippen LogP contribution is 2.61. The van der Waals surface area contributed by atoms with Crippen molar-refractivity contribution in [2.75, 3.05) is 0 Å². The molecule has 3 saturated carbocycles. The van der Waals surface area contributed by atoms with Gasteiger partial charge in [0, 0.05) is 12.8 Å². The topological polar surface area (TPSA) is 37.3 Å². The van der Waals surface area contributed by atoms with Crippen LogP contribution in [0.2, 0.25) is 0 Å². The van der Waals surface area contributed by atoms with E-state index in [1.165, 1.54) is 0 Å². The molecule has 0 bridgehead atoms. The summed E-state index contributed by atoms with van der Waals surface area (Å²) in [6.45, 7) is 2.23. The van der Waals surface area contributed by atoms with Gasteiger partial charge in [-0.15, -0.1) is 0 Å². The van der Waals surface area contributed by atoms with Crippen molar-refractivity contribution < 1.29 is 14.3 Å². The minimum Gasteiger partial charge on any atom is -0.393 e. The van der Waals surface area contributed by atoms with Crippen LogP contribution in [0.15, 0.2) is 11.6 Å². The molecule has 7 atom stereocenters. The van der Waals surface area contributed by atoms with Gasteiger partial charge in [0.1, 0.15) is 6.17 Å². The lowest BCUT2D eigenvalue weighted by Gasteiger charge is -2.49. The molecule has 0 amide bonds. The van der Waals surface area contributed by atoms with Crippen molar-refractivity contribution in [2.24, 2.45) is 29.1 Å². The zero-order valence-electron chi connectivity index (χ0n) is 13.4. The lowest BCUT2D eigenvalue weighted by atomic mass is 9.56. The Kier molecular flexibility index (Phi) is 3.48. The Hall–Kier alpha value is -0.700. The van der Waals surface area contributed by atoms with E-state index in [2.05, 4.69) is 6.92 Å². The van der Waals surface area contributed by atoms with E-state index in [1.54, 1.807) is 6.08 Å². The summed E-state index contributed by atoms with van der Waals surface area (Å²) >= 11 is 0. The Bertz CT molecular complexity index is 514. The molecule has 4 rings (SSSR count). The second-order valence-corrected chi connectivity index (χ2v) is 8.44. The van der Waals surface area contributed by atoms with Crippen LogP contribution in [0.1, 0.15) is 58.3 Å². The van der Waals surface area contributed by atoms with E-state index in [9.17, 15) is 14.3 Å². The Morgan fingerprint density at radius 1 is 1.23 bits per heavy atom. The molecule has 122 valence electrons. The van der Waals surface area contributed by atoms with Crippen LogP contribution >= 0.6 is 0 Å². The van der Waals surface area contributed by atoms with Crippen LogP contribution < -0.4 is 0 Å². The summed E-state index contributed by atoms with van der Waals surface area (Å²) in [5, 5.41) is 10.4. The fraction of sp³-hybridized carbons (Fsp3) is 0.842. The van der Waals surface area contributed by atoms with Crippen molar-refractivity contribution in [3.63, 3.8) is 0 Å². The molecule has 4 aliphatic carbocycles. The highest BCUT2D eigenvalue weighted by atomic mass is 19.1. The second-order valence-electron chi connectivity index (χ2n) is 8.44. The van der Waals surface area contributed by atoms with Crippen LogP contribution in [-0.4, -0.2) is 23.2 Å². The zero-order chi connectivity index (χ0) is 15.5. The van der Waals surface area contributed by atoms with Crippen LogP contribution in [0.4, 0.5) is 4.39 Å². The largest absolute Gasteiger partial charge is 0.393 e. The van der Waals surface area contributed by atoms with Crippen LogP contribution in [0.5, 0.6) is 0 Å². The SMILES string of the molecule is C[C@]12CC[C@H]3[C@H](C[C@@H](F)CC4=CC(=O)CC[C@H]43)[C@@H]1CC[C@@H]2O. The van der Waals surface area contributed by atoms with Gasteiger partial charge in [-0.1, -0.05) is 12.5 Å². The quantitative estimate of drug-likeness (QED) is 0.738. The zero-order valence-corrected chi connectivity index (χ0v) is 13.4. The van der Waals surface area contributed by atoms with E-state index < -0.39 is 6.17 Å². The smallest absolute Gasteiger partial charge is 0.155 e. The highest BCUT2D eigenvalue weighted by molar-refractivity contribution is 5.91. The Labute approximate surface area is 132 Å². The van der Waals surface area contributed by atoms with Gasteiger partial charge in [-0.05, 0) is 73.7 Å². The lowest BCUT2D eigenvalue weighted by Crippen LogP contribution is -2.45. The van der Waals surface area contributed by atoms with E-state index in [1.807, 2.05) is 0 Å². The van der Waals surface area contributed by atoms with Gasteiger partial charge in [-0.3, -0.25) is 4.79 Å². The van der Waals surface area contributed by atoms with Crippen molar-refractivity contribution in [3.8, 4) is 0 Å². The molecule has 2 nitrogen and oxygen atoms in total. The number of halogens is 1. The predicted octanol–water partition coefficient (Wildman–Crippen LogP) is 3.83. The molecule has 22 heavy (non-hydrogen) atoms. The van der Waals surface area contributed by atoms with Crippen molar-refractivity contribution >= 4 is 5.78 Å². The van der Waals surface area contributed by atoms with E-state index in [-0.39, 0.29) is 17.3 Å².